The van der Waals surface area contributed by atoms with Crippen LogP contribution >= 0.6 is 0 Å². The number of halogens is 2. The largest absolute Gasteiger partial charge is 0.462 e. The Morgan fingerprint density at radius 1 is 1.38 bits per heavy atom. The maximum absolute atomic E-state index is 13.9. The molecule has 0 atom stereocenters. The molecule has 0 saturated heterocycles. The third-order valence-corrected chi connectivity index (χ3v) is 2.99. The van der Waals surface area contributed by atoms with E-state index in [0.717, 1.165) is 12.1 Å². The summed E-state index contributed by atoms with van der Waals surface area (Å²) >= 11 is 0. The smallest absolute Gasteiger partial charge is 0.341 e. The molecule has 2 aromatic rings. The molecule has 0 fully saturated rings. The van der Waals surface area contributed by atoms with Crippen LogP contribution in [-0.2, 0) is 4.74 Å². The molecule has 1 heterocycles. The van der Waals surface area contributed by atoms with Crippen LogP contribution in [0.1, 0.15) is 42.7 Å². The van der Waals surface area contributed by atoms with Crippen molar-refractivity contribution in [2.45, 2.75) is 26.7 Å². The molecule has 0 unspecified atom stereocenters. The van der Waals surface area contributed by atoms with Crippen molar-refractivity contribution in [3.63, 3.8) is 0 Å². The van der Waals surface area contributed by atoms with E-state index in [0.29, 0.717) is 5.69 Å². The van der Waals surface area contributed by atoms with Crippen LogP contribution in [0.2, 0.25) is 0 Å². The van der Waals surface area contributed by atoms with E-state index in [-0.39, 0.29) is 23.8 Å². The van der Waals surface area contributed by atoms with Crippen LogP contribution < -0.4 is 0 Å². The first kappa shape index (κ1) is 15.2. The van der Waals surface area contributed by atoms with Crippen LogP contribution in [0.5, 0.6) is 0 Å². The van der Waals surface area contributed by atoms with Gasteiger partial charge < -0.3 is 4.74 Å². The van der Waals surface area contributed by atoms with Gasteiger partial charge in [0.05, 0.1) is 18.5 Å². The highest BCUT2D eigenvalue weighted by Gasteiger charge is 2.23. The van der Waals surface area contributed by atoms with Gasteiger partial charge in [-0.2, -0.15) is 5.10 Å². The fourth-order valence-corrected chi connectivity index (χ4v) is 2.12. The summed E-state index contributed by atoms with van der Waals surface area (Å²) < 4.78 is 33.2. The van der Waals surface area contributed by atoms with Crippen LogP contribution in [0, 0.1) is 11.6 Å². The molecule has 21 heavy (non-hydrogen) atoms. The Morgan fingerprint density at radius 2 is 2.10 bits per heavy atom. The van der Waals surface area contributed by atoms with Crippen molar-refractivity contribution in [3.8, 4) is 5.69 Å². The third-order valence-electron chi connectivity index (χ3n) is 2.99. The van der Waals surface area contributed by atoms with E-state index < -0.39 is 17.6 Å². The fraction of sp³-hybridized carbons (Fsp3) is 0.333. The van der Waals surface area contributed by atoms with Gasteiger partial charge in [-0.3, -0.25) is 0 Å². The minimum atomic E-state index is -0.740. The first-order valence-corrected chi connectivity index (χ1v) is 6.66. The van der Waals surface area contributed by atoms with E-state index in [2.05, 4.69) is 5.10 Å². The standard InChI is InChI=1S/C15H16F2N2O2/c1-4-21-15(20)11-8-18-19(14(11)9(2)3)13-6-5-10(16)7-12(13)17/h5-9H,4H2,1-3H3. The van der Waals surface area contributed by atoms with Crippen LogP contribution in [0.3, 0.4) is 0 Å². The number of carbonyl (C=O) groups excluding carboxylic acids is 1. The summed E-state index contributed by atoms with van der Waals surface area (Å²) in [6.07, 6.45) is 1.34. The molecule has 0 aliphatic heterocycles. The summed E-state index contributed by atoms with van der Waals surface area (Å²) in [6, 6.07) is 3.22. The van der Waals surface area contributed by atoms with Crippen molar-refractivity contribution < 1.29 is 18.3 Å². The van der Waals surface area contributed by atoms with Crippen molar-refractivity contribution in [1.82, 2.24) is 9.78 Å². The predicted octanol–water partition coefficient (Wildman–Crippen LogP) is 3.45. The van der Waals surface area contributed by atoms with Crippen LogP contribution in [0.25, 0.3) is 5.69 Å². The Bertz CT molecular complexity index is 666. The molecule has 0 aliphatic carbocycles. The Balaban J connectivity index is 2.57. The van der Waals surface area contributed by atoms with Gasteiger partial charge in [-0.15, -0.1) is 0 Å². The molecule has 2 rings (SSSR count). The number of carbonyl (C=O) groups is 1. The second-order valence-corrected chi connectivity index (χ2v) is 4.83. The van der Waals surface area contributed by atoms with Gasteiger partial charge in [-0.05, 0) is 25.0 Å². The average Bonchev–Trinajstić information content (AvgIpc) is 2.83. The highest BCUT2D eigenvalue weighted by molar-refractivity contribution is 5.90. The number of esters is 1. The number of hydrogen-bond donors (Lipinski definition) is 0. The van der Waals surface area contributed by atoms with Gasteiger partial charge in [0.25, 0.3) is 0 Å². The summed E-state index contributed by atoms with van der Waals surface area (Å²) in [5.41, 5.74) is 0.908. The highest BCUT2D eigenvalue weighted by Crippen LogP contribution is 2.25. The van der Waals surface area contributed by atoms with Crippen LogP contribution in [-0.4, -0.2) is 22.4 Å². The van der Waals surface area contributed by atoms with Gasteiger partial charge in [0.2, 0.25) is 0 Å². The number of benzene rings is 1. The number of ether oxygens (including phenoxy) is 1. The van der Waals surface area contributed by atoms with Crippen molar-refractivity contribution in [1.29, 1.82) is 0 Å². The molecule has 0 aliphatic rings. The molecule has 0 spiro atoms. The lowest BCUT2D eigenvalue weighted by Gasteiger charge is -2.13. The van der Waals surface area contributed by atoms with E-state index >= 15 is 0 Å². The summed E-state index contributed by atoms with van der Waals surface area (Å²) in [7, 11) is 0. The number of rotatable bonds is 4. The Morgan fingerprint density at radius 3 is 2.67 bits per heavy atom. The van der Waals surface area contributed by atoms with Crippen LogP contribution in [0.15, 0.2) is 24.4 Å². The molecule has 6 heteroatoms. The second-order valence-electron chi connectivity index (χ2n) is 4.83. The summed E-state index contributed by atoms with van der Waals surface area (Å²) in [4.78, 5) is 11.9. The molecule has 0 amide bonds. The number of hydrogen-bond acceptors (Lipinski definition) is 3. The molecule has 0 saturated carbocycles. The lowest BCUT2D eigenvalue weighted by Crippen LogP contribution is -2.11. The predicted molar refractivity (Wildman–Crippen MR) is 73.5 cm³/mol. The first-order chi connectivity index (χ1) is 9.95. The van der Waals surface area contributed by atoms with Gasteiger partial charge in [-0.1, -0.05) is 13.8 Å². The zero-order valence-corrected chi connectivity index (χ0v) is 12.1. The molecule has 4 nitrogen and oxygen atoms in total. The minimum Gasteiger partial charge on any atom is -0.462 e. The molecule has 1 aromatic carbocycles. The summed E-state index contributed by atoms with van der Waals surface area (Å²) in [5, 5.41) is 4.05. The summed E-state index contributed by atoms with van der Waals surface area (Å²) in [5.74, 6) is -2.00. The topological polar surface area (TPSA) is 44.1 Å². The molecule has 0 bridgehead atoms. The van der Waals surface area contributed by atoms with E-state index in [9.17, 15) is 13.6 Å². The van der Waals surface area contributed by atoms with Crippen molar-refractivity contribution in [3.05, 3.63) is 47.3 Å². The lowest BCUT2D eigenvalue weighted by atomic mass is 10.1. The van der Waals surface area contributed by atoms with E-state index in [4.69, 9.17) is 4.74 Å². The maximum atomic E-state index is 13.9. The molecule has 112 valence electrons. The Kier molecular flexibility index (Phi) is 4.35. The molecule has 0 N–H and O–H groups in total. The highest BCUT2D eigenvalue weighted by atomic mass is 19.1. The van der Waals surface area contributed by atoms with Crippen molar-refractivity contribution in [2.75, 3.05) is 6.61 Å². The van der Waals surface area contributed by atoms with Crippen LogP contribution in [0.4, 0.5) is 8.78 Å². The first-order valence-electron chi connectivity index (χ1n) is 6.66. The number of nitrogens with zero attached hydrogens (tertiary/aromatic N) is 2. The Labute approximate surface area is 121 Å². The zero-order chi connectivity index (χ0) is 15.6. The van der Waals surface area contributed by atoms with E-state index in [1.807, 2.05) is 13.8 Å². The maximum Gasteiger partial charge on any atom is 0.341 e. The van der Waals surface area contributed by atoms with Gasteiger partial charge >= 0.3 is 5.97 Å². The molecule has 1 aromatic heterocycles. The quantitative estimate of drug-likeness (QED) is 0.811. The lowest BCUT2D eigenvalue weighted by molar-refractivity contribution is 0.0524. The van der Waals surface area contributed by atoms with Gasteiger partial charge in [-0.25, -0.2) is 18.3 Å². The van der Waals surface area contributed by atoms with Crippen molar-refractivity contribution in [2.24, 2.45) is 0 Å². The van der Waals surface area contributed by atoms with Gasteiger partial charge in [0, 0.05) is 6.07 Å². The Hall–Kier alpha value is -2.24. The van der Waals surface area contributed by atoms with E-state index in [1.54, 1.807) is 6.92 Å². The number of aromatic nitrogens is 2. The summed E-state index contributed by atoms with van der Waals surface area (Å²) in [6.45, 7) is 5.67. The third kappa shape index (κ3) is 2.94. The molecule has 0 radical (unpaired) electrons. The second kappa shape index (κ2) is 6.03. The normalized spacial score (nSPS) is 11.0. The molecular weight excluding hydrogens is 278 g/mol. The monoisotopic (exact) mass is 294 g/mol. The molecular formula is C15H16F2N2O2. The van der Waals surface area contributed by atoms with Gasteiger partial charge in [0.1, 0.15) is 17.1 Å². The van der Waals surface area contributed by atoms with Crippen molar-refractivity contribution >= 4 is 5.97 Å². The minimum absolute atomic E-state index is 0.0867. The average molecular weight is 294 g/mol. The fourth-order valence-electron chi connectivity index (χ4n) is 2.12. The SMILES string of the molecule is CCOC(=O)c1cnn(-c2ccc(F)cc2F)c1C(C)C. The van der Waals surface area contributed by atoms with Gasteiger partial charge in [0.15, 0.2) is 5.82 Å². The zero-order valence-electron chi connectivity index (χ0n) is 12.1. The van der Waals surface area contributed by atoms with E-state index in [1.165, 1.54) is 16.9 Å².